The molecule has 27 heavy (non-hydrogen) atoms. The van der Waals surface area contributed by atoms with E-state index in [0.717, 1.165) is 38.0 Å². The largest absolute Gasteiger partial charge is 0.388 e. The molecule has 2 aliphatic heterocycles. The molecule has 1 unspecified atom stereocenters. The number of β-amino-alcohol motifs (C(OH)–C–C–N with tert-alkyl or cyclic N) is 1. The number of aromatic nitrogens is 1. The van der Waals surface area contributed by atoms with E-state index in [-0.39, 0.29) is 17.9 Å². The molecule has 3 rings (SSSR count). The fourth-order valence-electron chi connectivity index (χ4n) is 4.13. The first-order valence-electron chi connectivity index (χ1n) is 9.77. The minimum atomic E-state index is -0.751. The quantitative estimate of drug-likeness (QED) is 0.806. The first-order valence-corrected chi connectivity index (χ1v) is 10.7. The van der Waals surface area contributed by atoms with Crippen LogP contribution < -0.4 is 5.32 Å². The molecule has 2 amide bonds. The number of amides is 2. The van der Waals surface area contributed by atoms with Crippen LogP contribution in [0.15, 0.2) is 5.51 Å². The third-order valence-corrected chi connectivity index (χ3v) is 6.57. The van der Waals surface area contributed by atoms with Crippen molar-refractivity contribution in [2.45, 2.75) is 57.6 Å². The summed E-state index contributed by atoms with van der Waals surface area (Å²) < 4.78 is 0. The van der Waals surface area contributed by atoms with Crippen molar-refractivity contribution in [1.29, 1.82) is 0 Å². The minimum Gasteiger partial charge on any atom is -0.388 e. The van der Waals surface area contributed by atoms with E-state index in [1.807, 2.05) is 11.8 Å². The molecule has 2 N–H and O–H groups in total. The number of rotatable bonds is 4. The molecule has 0 saturated carbocycles. The molecular weight excluding hydrogens is 364 g/mol. The van der Waals surface area contributed by atoms with Crippen molar-refractivity contribution in [2.24, 2.45) is 0 Å². The second kappa shape index (κ2) is 8.67. The Bertz CT molecular complexity index is 672. The summed E-state index contributed by atoms with van der Waals surface area (Å²) in [6, 6.07) is 0.248. The highest BCUT2D eigenvalue weighted by molar-refractivity contribution is 7.11. The summed E-state index contributed by atoms with van der Waals surface area (Å²) >= 11 is 1.39. The zero-order valence-electron chi connectivity index (χ0n) is 16.2. The van der Waals surface area contributed by atoms with Gasteiger partial charge in [-0.15, -0.1) is 11.3 Å². The summed E-state index contributed by atoms with van der Waals surface area (Å²) in [5.74, 6) is 0.0622. The molecule has 1 atom stereocenters. The van der Waals surface area contributed by atoms with Gasteiger partial charge in [-0.2, -0.15) is 0 Å². The number of aryl methyl sites for hydroxylation is 1. The predicted octanol–water partition coefficient (Wildman–Crippen LogP) is 1.41. The van der Waals surface area contributed by atoms with Gasteiger partial charge in [-0.3, -0.25) is 9.59 Å². The van der Waals surface area contributed by atoms with Crippen LogP contribution in [0.4, 0.5) is 0 Å². The van der Waals surface area contributed by atoms with Crippen LogP contribution >= 0.6 is 11.3 Å². The van der Waals surface area contributed by atoms with Crippen LogP contribution in [0.1, 0.15) is 54.4 Å². The third kappa shape index (κ3) is 5.27. The minimum absolute atomic E-state index is 0.0248. The van der Waals surface area contributed by atoms with Gasteiger partial charge in [0.2, 0.25) is 5.91 Å². The highest BCUT2D eigenvalue weighted by Crippen LogP contribution is 2.26. The van der Waals surface area contributed by atoms with E-state index in [4.69, 9.17) is 0 Å². The average Bonchev–Trinajstić information content (AvgIpc) is 2.95. The van der Waals surface area contributed by atoms with Gasteiger partial charge in [0.15, 0.2) is 0 Å². The number of aliphatic hydroxyl groups is 1. The Morgan fingerprint density at radius 1 is 1.30 bits per heavy atom. The number of nitrogens with zero attached hydrogens (tertiary/aromatic N) is 3. The summed E-state index contributed by atoms with van der Waals surface area (Å²) in [6.45, 7) is 7.09. The van der Waals surface area contributed by atoms with Gasteiger partial charge in [0, 0.05) is 45.7 Å². The van der Waals surface area contributed by atoms with E-state index in [2.05, 4.69) is 15.2 Å². The molecule has 2 saturated heterocycles. The van der Waals surface area contributed by atoms with Crippen molar-refractivity contribution in [1.82, 2.24) is 20.1 Å². The van der Waals surface area contributed by atoms with Crippen LogP contribution in [-0.2, 0) is 4.79 Å². The highest BCUT2D eigenvalue weighted by atomic mass is 32.1. The Morgan fingerprint density at radius 3 is 2.67 bits per heavy atom. The van der Waals surface area contributed by atoms with Crippen molar-refractivity contribution in [2.75, 3.05) is 32.7 Å². The number of carbonyl (C=O) groups is 2. The lowest BCUT2D eigenvalue weighted by molar-refractivity contribution is -0.120. The lowest BCUT2D eigenvalue weighted by Gasteiger charge is -2.38. The number of likely N-dealkylation sites (tertiary alicyclic amines) is 2. The zero-order chi connectivity index (χ0) is 19.4. The van der Waals surface area contributed by atoms with E-state index in [0.29, 0.717) is 37.4 Å². The van der Waals surface area contributed by atoms with Crippen molar-refractivity contribution in [3.8, 4) is 0 Å². The van der Waals surface area contributed by atoms with Gasteiger partial charge in [-0.05, 0) is 39.0 Å². The van der Waals surface area contributed by atoms with Gasteiger partial charge in [0.25, 0.3) is 5.91 Å². The number of hydrogen-bond donors (Lipinski definition) is 2. The maximum absolute atomic E-state index is 12.7. The lowest BCUT2D eigenvalue weighted by Crippen LogP contribution is -2.50. The molecule has 0 bridgehead atoms. The van der Waals surface area contributed by atoms with E-state index in [1.54, 1.807) is 12.4 Å². The fraction of sp³-hybridized carbons (Fsp3) is 0.737. The van der Waals surface area contributed by atoms with Gasteiger partial charge in [-0.1, -0.05) is 0 Å². The molecule has 7 nitrogen and oxygen atoms in total. The molecule has 0 spiro atoms. The summed E-state index contributed by atoms with van der Waals surface area (Å²) in [5.41, 5.74) is 1.74. The molecule has 0 aliphatic carbocycles. The van der Waals surface area contributed by atoms with Gasteiger partial charge in [0.1, 0.15) is 4.88 Å². The smallest absolute Gasteiger partial charge is 0.265 e. The van der Waals surface area contributed by atoms with Gasteiger partial charge >= 0.3 is 0 Å². The van der Waals surface area contributed by atoms with Crippen LogP contribution in [-0.4, -0.2) is 76.1 Å². The first kappa shape index (κ1) is 20.2. The Balaban J connectivity index is 1.52. The van der Waals surface area contributed by atoms with E-state index >= 15 is 0 Å². The van der Waals surface area contributed by atoms with Gasteiger partial charge in [0.05, 0.1) is 16.8 Å². The molecule has 3 heterocycles. The zero-order valence-corrected chi connectivity index (χ0v) is 17.1. The summed E-state index contributed by atoms with van der Waals surface area (Å²) in [6.07, 6.45) is 3.96. The third-order valence-electron chi connectivity index (χ3n) is 5.66. The Labute approximate surface area is 164 Å². The van der Waals surface area contributed by atoms with Crippen molar-refractivity contribution in [3.05, 3.63) is 16.1 Å². The monoisotopic (exact) mass is 394 g/mol. The summed E-state index contributed by atoms with van der Waals surface area (Å²) in [5, 5.41) is 14.1. The second-order valence-corrected chi connectivity index (χ2v) is 8.74. The van der Waals surface area contributed by atoms with Crippen molar-refractivity contribution in [3.63, 3.8) is 0 Å². The SMILES string of the molecule is CC(=O)NC1CCN(CC2(O)CCCN(C(=O)c3scnc3C)CC2)CC1. The topological polar surface area (TPSA) is 85.8 Å². The standard InChI is InChI=1S/C19H30N4O3S/c1-14-17(27-13-20-14)18(25)23-8-3-6-19(26,7-11-23)12-22-9-4-16(5-10-22)21-15(2)24/h13,16,26H,3-12H2,1-2H3,(H,21,24). The lowest BCUT2D eigenvalue weighted by atomic mass is 9.93. The number of hydrogen-bond acceptors (Lipinski definition) is 6. The summed E-state index contributed by atoms with van der Waals surface area (Å²) in [4.78, 5) is 33.0. The van der Waals surface area contributed by atoms with Crippen molar-refractivity contribution >= 4 is 23.2 Å². The molecule has 2 fully saturated rings. The predicted molar refractivity (Wildman–Crippen MR) is 105 cm³/mol. The molecule has 150 valence electrons. The van der Waals surface area contributed by atoms with Crippen LogP contribution in [0, 0.1) is 6.92 Å². The highest BCUT2D eigenvalue weighted by Gasteiger charge is 2.35. The molecule has 1 aromatic heterocycles. The Hall–Kier alpha value is -1.51. The van der Waals surface area contributed by atoms with E-state index in [9.17, 15) is 14.7 Å². The van der Waals surface area contributed by atoms with Gasteiger partial charge in [-0.25, -0.2) is 4.98 Å². The molecule has 1 aromatic rings. The molecular formula is C19H30N4O3S. The van der Waals surface area contributed by atoms with Gasteiger partial charge < -0.3 is 20.2 Å². The Kier molecular flexibility index (Phi) is 6.49. The van der Waals surface area contributed by atoms with Crippen LogP contribution in [0.3, 0.4) is 0 Å². The van der Waals surface area contributed by atoms with E-state index < -0.39 is 5.60 Å². The van der Waals surface area contributed by atoms with Crippen molar-refractivity contribution < 1.29 is 14.7 Å². The first-order chi connectivity index (χ1) is 12.9. The molecule has 8 heteroatoms. The maximum Gasteiger partial charge on any atom is 0.265 e. The molecule has 2 aliphatic rings. The number of piperidine rings is 1. The summed E-state index contributed by atoms with van der Waals surface area (Å²) in [7, 11) is 0. The Morgan fingerprint density at radius 2 is 2.04 bits per heavy atom. The molecule has 0 radical (unpaired) electrons. The number of carbonyl (C=O) groups excluding carboxylic acids is 2. The molecule has 0 aromatic carbocycles. The maximum atomic E-state index is 12.7. The second-order valence-electron chi connectivity index (χ2n) is 7.89. The van der Waals surface area contributed by atoms with E-state index in [1.165, 1.54) is 11.3 Å². The van der Waals surface area contributed by atoms with Crippen LogP contribution in [0.2, 0.25) is 0 Å². The number of thiazole rings is 1. The normalized spacial score (nSPS) is 25.2. The number of nitrogens with one attached hydrogen (secondary N) is 1. The van der Waals surface area contributed by atoms with Crippen LogP contribution in [0.5, 0.6) is 0 Å². The van der Waals surface area contributed by atoms with Crippen LogP contribution in [0.25, 0.3) is 0 Å². The average molecular weight is 395 g/mol. The fourth-order valence-corrected chi connectivity index (χ4v) is 4.90.